The number of hydrogen-bond donors (Lipinski definition) is 2. The van der Waals surface area contributed by atoms with Crippen molar-refractivity contribution in [2.45, 2.75) is 58.2 Å². The maximum absolute atomic E-state index is 5.77. The van der Waals surface area contributed by atoms with Gasteiger partial charge in [-0.25, -0.2) is 0 Å². The summed E-state index contributed by atoms with van der Waals surface area (Å²) in [5.41, 5.74) is 0. The molecule has 1 saturated heterocycles. The second kappa shape index (κ2) is 11.0. The molecule has 2 unspecified atom stereocenters. The van der Waals surface area contributed by atoms with Crippen LogP contribution in [0.25, 0.3) is 0 Å². The number of methoxy groups -OCH3 is 1. The van der Waals surface area contributed by atoms with E-state index in [0.29, 0.717) is 0 Å². The minimum atomic E-state index is 0.234. The lowest BCUT2D eigenvalue weighted by Gasteiger charge is -2.23. The van der Waals surface area contributed by atoms with Crippen molar-refractivity contribution in [1.82, 2.24) is 25.4 Å². The Morgan fingerprint density at radius 3 is 3.16 bits per heavy atom. The molecule has 0 saturated carbocycles. The highest BCUT2D eigenvalue weighted by molar-refractivity contribution is 5.80. The Bertz CT molecular complexity index is 513. The quantitative estimate of drug-likeness (QED) is 0.371. The lowest BCUT2D eigenvalue weighted by Crippen LogP contribution is -2.47. The molecule has 2 atom stereocenters. The fraction of sp³-hybridized carbons (Fsp3) is 0.824. The topological polar surface area (TPSA) is 85.6 Å². The number of rotatable bonds is 10. The van der Waals surface area contributed by atoms with Crippen LogP contribution in [0, 0.1) is 0 Å². The van der Waals surface area contributed by atoms with Gasteiger partial charge in [0.05, 0.1) is 12.1 Å². The van der Waals surface area contributed by atoms with Crippen molar-refractivity contribution in [3.63, 3.8) is 0 Å². The van der Waals surface area contributed by atoms with Gasteiger partial charge in [-0.2, -0.15) is 0 Å². The molecule has 1 fully saturated rings. The number of ether oxygens (including phenoxy) is 2. The molecule has 0 aliphatic carbocycles. The molecule has 2 N–H and O–H groups in total. The first-order valence-electron chi connectivity index (χ1n) is 9.26. The second-order valence-electron chi connectivity index (χ2n) is 6.28. The molecule has 1 aliphatic rings. The summed E-state index contributed by atoms with van der Waals surface area (Å²) in [6, 6.07) is 0.234. The Kier molecular flexibility index (Phi) is 8.68. The van der Waals surface area contributed by atoms with E-state index >= 15 is 0 Å². The van der Waals surface area contributed by atoms with E-state index < -0.39 is 0 Å². The number of hydrogen-bond acceptors (Lipinski definition) is 5. The Balaban J connectivity index is 1.84. The van der Waals surface area contributed by atoms with E-state index in [9.17, 15) is 0 Å². The van der Waals surface area contributed by atoms with Gasteiger partial charge in [0.25, 0.3) is 0 Å². The normalized spacial score (nSPS) is 19.2. The maximum Gasteiger partial charge on any atom is 0.191 e. The number of aryl methyl sites for hydroxylation is 1. The fourth-order valence-corrected chi connectivity index (χ4v) is 2.89. The first-order valence-corrected chi connectivity index (χ1v) is 9.26. The molecule has 8 heteroatoms. The van der Waals surface area contributed by atoms with E-state index in [2.05, 4.69) is 44.2 Å². The van der Waals surface area contributed by atoms with Crippen LogP contribution in [-0.4, -0.2) is 66.3 Å². The molecule has 2 rings (SSSR count). The molecule has 0 aromatic carbocycles. The third-order valence-electron chi connectivity index (χ3n) is 4.32. The second-order valence-corrected chi connectivity index (χ2v) is 6.28. The van der Waals surface area contributed by atoms with E-state index in [1.807, 2.05) is 0 Å². The molecule has 142 valence electrons. The average molecular weight is 352 g/mol. The van der Waals surface area contributed by atoms with E-state index in [1.165, 1.54) is 0 Å². The van der Waals surface area contributed by atoms with Crippen molar-refractivity contribution in [2.24, 2.45) is 4.99 Å². The highest BCUT2D eigenvalue weighted by atomic mass is 16.5. The predicted octanol–water partition coefficient (Wildman–Crippen LogP) is 0.980. The Labute approximate surface area is 150 Å². The van der Waals surface area contributed by atoms with Gasteiger partial charge in [0.1, 0.15) is 12.2 Å². The third kappa shape index (κ3) is 6.62. The molecular formula is C17H32N6O2. The standard InChI is InChI=1S/C17H32N6O2/c1-4-16-22-20-13-23(16)10-9-19-17(18-8-6-11-24-3)21-14(2)15-7-5-12-25-15/h13-15H,4-12H2,1-3H3,(H2,18,19,21). The fourth-order valence-electron chi connectivity index (χ4n) is 2.89. The summed E-state index contributed by atoms with van der Waals surface area (Å²) in [6.07, 6.45) is 6.06. The molecule has 0 bridgehead atoms. The molecule has 0 spiro atoms. The average Bonchev–Trinajstić information content (AvgIpc) is 3.29. The summed E-state index contributed by atoms with van der Waals surface area (Å²) in [5, 5.41) is 15.0. The maximum atomic E-state index is 5.77. The van der Waals surface area contributed by atoms with Gasteiger partial charge in [0, 0.05) is 46.4 Å². The molecule has 25 heavy (non-hydrogen) atoms. The highest BCUT2D eigenvalue weighted by Gasteiger charge is 2.23. The van der Waals surface area contributed by atoms with Crippen LogP contribution in [0.4, 0.5) is 0 Å². The van der Waals surface area contributed by atoms with Crippen molar-refractivity contribution >= 4 is 5.96 Å². The number of nitrogens with one attached hydrogen (secondary N) is 2. The lowest BCUT2D eigenvalue weighted by molar-refractivity contribution is 0.0890. The molecule has 0 amide bonds. The van der Waals surface area contributed by atoms with Crippen molar-refractivity contribution in [3.05, 3.63) is 12.2 Å². The summed E-state index contributed by atoms with van der Waals surface area (Å²) in [5.74, 6) is 1.83. The SMILES string of the molecule is CCc1nncn1CCNC(=NCCCOC)NC(C)C1CCCO1. The molecule has 8 nitrogen and oxygen atoms in total. The van der Waals surface area contributed by atoms with Crippen LogP contribution in [0.3, 0.4) is 0 Å². The Morgan fingerprint density at radius 2 is 2.44 bits per heavy atom. The van der Waals surface area contributed by atoms with Gasteiger partial charge >= 0.3 is 0 Å². The van der Waals surface area contributed by atoms with Crippen molar-refractivity contribution in [3.8, 4) is 0 Å². The van der Waals surface area contributed by atoms with Crippen LogP contribution in [0.2, 0.25) is 0 Å². The number of aliphatic imine (C=N–C) groups is 1. The monoisotopic (exact) mass is 352 g/mol. The molecule has 1 aliphatic heterocycles. The van der Waals surface area contributed by atoms with Crippen molar-refractivity contribution < 1.29 is 9.47 Å². The van der Waals surface area contributed by atoms with Crippen molar-refractivity contribution in [2.75, 3.05) is 33.4 Å². The zero-order chi connectivity index (χ0) is 17.9. The van der Waals surface area contributed by atoms with Gasteiger partial charge in [-0.3, -0.25) is 4.99 Å². The summed E-state index contributed by atoms with van der Waals surface area (Å²) in [4.78, 5) is 4.65. The van der Waals surface area contributed by atoms with Crippen LogP contribution in [0.15, 0.2) is 11.3 Å². The molecule has 1 aromatic heterocycles. The highest BCUT2D eigenvalue weighted by Crippen LogP contribution is 2.15. The predicted molar refractivity (Wildman–Crippen MR) is 97.8 cm³/mol. The lowest BCUT2D eigenvalue weighted by atomic mass is 10.1. The minimum Gasteiger partial charge on any atom is -0.385 e. The minimum absolute atomic E-state index is 0.234. The van der Waals surface area contributed by atoms with Crippen LogP contribution in [0.1, 0.15) is 38.9 Å². The van der Waals surface area contributed by atoms with E-state index in [1.54, 1.807) is 13.4 Å². The molecular weight excluding hydrogens is 320 g/mol. The van der Waals surface area contributed by atoms with Gasteiger partial charge < -0.3 is 24.7 Å². The molecule has 0 radical (unpaired) electrons. The van der Waals surface area contributed by atoms with E-state index in [-0.39, 0.29) is 12.1 Å². The number of nitrogens with zero attached hydrogens (tertiary/aromatic N) is 4. The number of guanidine groups is 1. The summed E-state index contributed by atoms with van der Waals surface area (Å²) in [7, 11) is 1.71. The first-order chi connectivity index (χ1) is 12.2. The molecule has 2 heterocycles. The molecule has 1 aromatic rings. The Morgan fingerprint density at radius 1 is 1.56 bits per heavy atom. The van der Waals surface area contributed by atoms with Crippen molar-refractivity contribution in [1.29, 1.82) is 0 Å². The summed E-state index contributed by atoms with van der Waals surface area (Å²) in [6.45, 7) is 8.12. The zero-order valence-corrected chi connectivity index (χ0v) is 15.7. The first kappa shape index (κ1) is 19.7. The van der Waals surface area contributed by atoms with E-state index in [0.717, 1.165) is 70.3 Å². The zero-order valence-electron chi connectivity index (χ0n) is 15.7. The smallest absolute Gasteiger partial charge is 0.191 e. The van der Waals surface area contributed by atoms with Crippen LogP contribution < -0.4 is 10.6 Å². The summed E-state index contributed by atoms with van der Waals surface area (Å²) >= 11 is 0. The Hall–Kier alpha value is -1.67. The summed E-state index contributed by atoms with van der Waals surface area (Å²) < 4.78 is 12.9. The number of aromatic nitrogens is 3. The van der Waals surface area contributed by atoms with Crippen LogP contribution in [0.5, 0.6) is 0 Å². The van der Waals surface area contributed by atoms with Gasteiger partial charge in [0.2, 0.25) is 0 Å². The van der Waals surface area contributed by atoms with Gasteiger partial charge in [-0.15, -0.1) is 10.2 Å². The van der Waals surface area contributed by atoms with Gasteiger partial charge in [0.15, 0.2) is 5.96 Å². The van der Waals surface area contributed by atoms with Crippen LogP contribution >= 0.6 is 0 Å². The van der Waals surface area contributed by atoms with Crippen LogP contribution in [-0.2, 0) is 22.4 Å². The largest absolute Gasteiger partial charge is 0.385 e. The van der Waals surface area contributed by atoms with E-state index in [4.69, 9.17) is 9.47 Å². The third-order valence-corrected chi connectivity index (χ3v) is 4.32. The van der Waals surface area contributed by atoms with Gasteiger partial charge in [-0.05, 0) is 26.2 Å². The van der Waals surface area contributed by atoms with Gasteiger partial charge in [-0.1, -0.05) is 6.92 Å².